The molecule has 0 saturated carbocycles. The number of rotatable bonds is 3. The van der Waals surface area contributed by atoms with Crippen molar-refractivity contribution in [3.8, 4) is 0 Å². The molecule has 0 unspecified atom stereocenters. The number of halogens is 2. The minimum absolute atomic E-state index is 0.219. The van der Waals surface area contributed by atoms with Crippen molar-refractivity contribution >= 4 is 15.9 Å². The number of hydrogen-bond donors (Lipinski definition) is 1. The van der Waals surface area contributed by atoms with E-state index >= 15 is 0 Å². The van der Waals surface area contributed by atoms with Gasteiger partial charge in [0.1, 0.15) is 5.82 Å². The van der Waals surface area contributed by atoms with Crippen molar-refractivity contribution in [2.24, 2.45) is 0 Å². The van der Waals surface area contributed by atoms with Crippen molar-refractivity contribution in [3.05, 3.63) is 34.1 Å². The van der Waals surface area contributed by atoms with Gasteiger partial charge in [0.2, 0.25) is 0 Å². The van der Waals surface area contributed by atoms with Crippen LogP contribution in [0.5, 0.6) is 0 Å². The Kier molecular flexibility index (Phi) is 3.88. The van der Waals surface area contributed by atoms with E-state index in [2.05, 4.69) is 15.9 Å². The van der Waals surface area contributed by atoms with E-state index in [1.807, 2.05) is 0 Å². The van der Waals surface area contributed by atoms with Gasteiger partial charge >= 0.3 is 0 Å². The van der Waals surface area contributed by atoms with Crippen LogP contribution in [0, 0.1) is 5.82 Å². The first-order chi connectivity index (χ1) is 6.11. The largest absolute Gasteiger partial charge is 0.393 e. The monoisotopic (exact) mass is 246 g/mol. The van der Waals surface area contributed by atoms with Crippen LogP contribution in [0.4, 0.5) is 4.39 Å². The van der Waals surface area contributed by atoms with E-state index in [1.54, 1.807) is 25.1 Å². The first-order valence-corrected chi connectivity index (χ1v) is 5.01. The van der Waals surface area contributed by atoms with Gasteiger partial charge in [-0.15, -0.1) is 0 Å². The van der Waals surface area contributed by atoms with Gasteiger partial charge in [-0.2, -0.15) is 0 Å². The van der Waals surface area contributed by atoms with Gasteiger partial charge in [-0.1, -0.05) is 12.1 Å². The van der Waals surface area contributed by atoms with Crippen LogP contribution in [0.2, 0.25) is 0 Å². The van der Waals surface area contributed by atoms with Gasteiger partial charge in [-0.3, -0.25) is 0 Å². The molecule has 1 rings (SSSR count). The molecule has 1 aromatic rings. The number of hydrogen-bond acceptors (Lipinski definition) is 1. The highest BCUT2D eigenvalue weighted by molar-refractivity contribution is 9.10. The Balaban J connectivity index is 2.71. The van der Waals surface area contributed by atoms with Crippen LogP contribution in [0.15, 0.2) is 22.7 Å². The summed E-state index contributed by atoms with van der Waals surface area (Å²) in [6.45, 7) is 1.70. The van der Waals surface area contributed by atoms with Crippen LogP contribution in [-0.4, -0.2) is 11.2 Å². The Labute approximate surface area is 85.7 Å². The predicted molar refractivity (Wildman–Crippen MR) is 54.1 cm³/mol. The minimum atomic E-state index is -0.376. The molecule has 0 aliphatic rings. The molecule has 0 heterocycles. The maximum Gasteiger partial charge on any atom is 0.140 e. The first-order valence-electron chi connectivity index (χ1n) is 4.22. The molecule has 0 aliphatic heterocycles. The number of aryl methyl sites for hydroxylation is 1. The molecule has 0 bridgehead atoms. The van der Waals surface area contributed by atoms with E-state index in [9.17, 15) is 4.39 Å². The number of benzene rings is 1. The summed E-state index contributed by atoms with van der Waals surface area (Å²) in [5.74, 6) is -0.219. The first kappa shape index (κ1) is 10.7. The fourth-order valence-electron chi connectivity index (χ4n) is 1.11. The maximum atomic E-state index is 13.3. The topological polar surface area (TPSA) is 20.2 Å². The molecule has 0 fully saturated rings. The second-order valence-electron chi connectivity index (χ2n) is 3.10. The lowest BCUT2D eigenvalue weighted by Crippen LogP contribution is -2.02. The third-order valence-electron chi connectivity index (χ3n) is 1.86. The Morgan fingerprint density at radius 3 is 2.85 bits per heavy atom. The van der Waals surface area contributed by atoms with Crippen molar-refractivity contribution in [2.45, 2.75) is 25.9 Å². The zero-order valence-corrected chi connectivity index (χ0v) is 9.01. The molecule has 0 saturated heterocycles. The molecule has 72 valence electrons. The lowest BCUT2D eigenvalue weighted by atomic mass is 10.1. The Bertz CT molecular complexity index is 286. The van der Waals surface area contributed by atoms with E-state index in [4.69, 9.17) is 5.11 Å². The lowest BCUT2D eigenvalue weighted by Gasteiger charge is -2.06. The van der Waals surface area contributed by atoms with Gasteiger partial charge in [0.25, 0.3) is 0 Å². The van der Waals surface area contributed by atoms with E-state index in [0.29, 0.717) is 22.9 Å². The van der Waals surface area contributed by atoms with Gasteiger partial charge in [0.05, 0.1) is 10.6 Å². The third-order valence-corrected chi connectivity index (χ3v) is 2.48. The van der Waals surface area contributed by atoms with E-state index in [0.717, 1.165) is 0 Å². The third kappa shape index (κ3) is 3.08. The molecular weight excluding hydrogens is 235 g/mol. The second kappa shape index (κ2) is 4.72. The molecule has 0 spiro atoms. The Morgan fingerprint density at radius 1 is 1.54 bits per heavy atom. The van der Waals surface area contributed by atoms with Crippen molar-refractivity contribution in [1.82, 2.24) is 0 Å². The van der Waals surface area contributed by atoms with Gasteiger partial charge < -0.3 is 5.11 Å². The maximum absolute atomic E-state index is 13.3. The Morgan fingerprint density at radius 2 is 2.23 bits per heavy atom. The summed E-state index contributed by atoms with van der Waals surface area (Å²) in [6.07, 6.45) is 0.787. The second-order valence-corrected chi connectivity index (χ2v) is 3.95. The summed E-state index contributed by atoms with van der Waals surface area (Å²) < 4.78 is 13.8. The van der Waals surface area contributed by atoms with Crippen molar-refractivity contribution in [1.29, 1.82) is 0 Å². The lowest BCUT2D eigenvalue weighted by molar-refractivity contribution is 0.184. The number of aliphatic hydroxyl groups is 1. The highest BCUT2D eigenvalue weighted by Crippen LogP contribution is 2.19. The quantitative estimate of drug-likeness (QED) is 0.870. The van der Waals surface area contributed by atoms with Crippen LogP contribution >= 0.6 is 15.9 Å². The SMILES string of the molecule is C[C@@H](O)CCc1cccc(Br)c1F. The van der Waals surface area contributed by atoms with Crippen molar-refractivity contribution < 1.29 is 9.50 Å². The summed E-state index contributed by atoms with van der Waals surface area (Å²) in [4.78, 5) is 0. The highest BCUT2D eigenvalue weighted by Gasteiger charge is 2.06. The normalized spacial score (nSPS) is 12.9. The van der Waals surface area contributed by atoms with Crippen LogP contribution in [0.25, 0.3) is 0 Å². The molecule has 1 atom stereocenters. The van der Waals surface area contributed by atoms with Crippen LogP contribution in [0.3, 0.4) is 0 Å². The fourth-order valence-corrected chi connectivity index (χ4v) is 1.51. The van der Waals surface area contributed by atoms with Crippen molar-refractivity contribution in [3.63, 3.8) is 0 Å². The van der Waals surface area contributed by atoms with E-state index < -0.39 is 0 Å². The molecule has 0 aromatic heterocycles. The van der Waals surface area contributed by atoms with E-state index in [-0.39, 0.29) is 11.9 Å². The van der Waals surface area contributed by atoms with Crippen LogP contribution in [-0.2, 0) is 6.42 Å². The van der Waals surface area contributed by atoms with Crippen molar-refractivity contribution in [2.75, 3.05) is 0 Å². The predicted octanol–water partition coefficient (Wildman–Crippen LogP) is 2.90. The molecule has 13 heavy (non-hydrogen) atoms. The molecule has 0 aliphatic carbocycles. The molecule has 3 heteroatoms. The molecule has 0 radical (unpaired) electrons. The smallest absolute Gasteiger partial charge is 0.140 e. The molecule has 0 amide bonds. The van der Waals surface area contributed by atoms with E-state index in [1.165, 1.54) is 0 Å². The summed E-state index contributed by atoms with van der Waals surface area (Å²) in [6, 6.07) is 5.20. The zero-order valence-electron chi connectivity index (χ0n) is 7.43. The molecule has 1 aromatic carbocycles. The minimum Gasteiger partial charge on any atom is -0.393 e. The molecule has 1 nitrogen and oxygen atoms in total. The summed E-state index contributed by atoms with van der Waals surface area (Å²) >= 11 is 3.12. The average molecular weight is 247 g/mol. The molecule has 1 N–H and O–H groups in total. The van der Waals surface area contributed by atoms with Crippen LogP contribution < -0.4 is 0 Å². The number of aliphatic hydroxyl groups excluding tert-OH is 1. The van der Waals surface area contributed by atoms with Crippen LogP contribution in [0.1, 0.15) is 18.9 Å². The molecular formula is C10H12BrFO. The standard InChI is InChI=1S/C10H12BrFO/c1-7(13)5-6-8-3-2-4-9(11)10(8)12/h2-4,7,13H,5-6H2,1H3/t7-/m1/s1. The average Bonchev–Trinajstić information content (AvgIpc) is 2.07. The Hall–Kier alpha value is -0.410. The highest BCUT2D eigenvalue weighted by atomic mass is 79.9. The fraction of sp³-hybridized carbons (Fsp3) is 0.400. The summed E-state index contributed by atoms with van der Waals surface area (Å²) in [5, 5.41) is 9.04. The van der Waals surface area contributed by atoms with Gasteiger partial charge in [0.15, 0.2) is 0 Å². The van der Waals surface area contributed by atoms with Gasteiger partial charge in [-0.25, -0.2) is 4.39 Å². The van der Waals surface area contributed by atoms with Gasteiger partial charge in [-0.05, 0) is 47.3 Å². The summed E-state index contributed by atoms with van der Waals surface area (Å²) in [7, 11) is 0. The zero-order chi connectivity index (χ0) is 9.84. The van der Waals surface area contributed by atoms with Gasteiger partial charge in [0, 0.05) is 0 Å². The summed E-state index contributed by atoms with van der Waals surface area (Å²) in [5.41, 5.74) is 0.648.